The molecule has 7 heteroatoms. The van der Waals surface area contributed by atoms with Crippen molar-refractivity contribution in [2.75, 3.05) is 0 Å². The van der Waals surface area contributed by atoms with Crippen LogP contribution in [0.5, 0.6) is 11.6 Å². The zero-order valence-electron chi connectivity index (χ0n) is 8.69. The first-order chi connectivity index (χ1) is 8.60. The van der Waals surface area contributed by atoms with Gasteiger partial charge in [-0.3, -0.25) is 0 Å². The standard InChI is InChI=1S/C11H4Cl3N3O/c12-6-1-3-7(4-2-6)18-10-8(5-15)9(13)16-11(14)17-10/h1-4H. The molecule has 1 heterocycles. The smallest absolute Gasteiger partial charge is 0.243 e. The van der Waals surface area contributed by atoms with Gasteiger partial charge in [0.2, 0.25) is 11.2 Å². The van der Waals surface area contributed by atoms with E-state index in [0.29, 0.717) is 10.8 Å². The van der Waals surface area contributed by atoms with Crippen molar-refractivity contribution in [1.82, 2.24) is 9.97 Å². The number of nitrogens with zero attached hydrogens (tertiary/aromatic N) is 3. The summed E-state index contributed by atoms with van der Waals surface area (Å²) in [5, 5.41) is 9.38. The average molecular weight is 301 g/mol. The third-order valence-corrected chi connectivity index (χ3v) is 2.64. The van der Waals surface area contributed by atoms with Crippen molar-refractivity contribution >= 4 is 34.8 Å². The van der Waals surface area contributed by atoms with Crippen molar-refractivity contribution in [3.05, 3.63) is 45.3 Å². The maximum atomic E-state index is 8.95. The van der Waals surface area contributed by atoms with Gasteiger partial charge in [0.15, 0.2) is 10.7 Å². The Labute approximate surface area is 118 Å². The number of hydrogen-bond acceptors (Lipinski definition) is 4. The molecule has 2 rings (SSSR count). The molecule has 0 fully saturated rings. The Morgan fingerprint density at radius 1 is 1.06 bits per heavy atom. The number of halogens is 3. The Morgan fingerprint density at radius 2 is 1.72 bits per heavy atom. The second-order valence-corrected chi connectivity index (χ2v) is 4.26. The van der Waals surface area contributed by atoms with Crippen molar-refractivity contribution < 1.29 is 4.74 Å². The van der Waals surface area contributed by atoms with Crippen LogP contribution in [-0.2, 0) is 0 Å². The molecule has 0 aliphatic rings. The van der Waals surface area contributed by atoms with Crippen molar-refractivity contribution in [2.24, 2.45) is 0 Å². The second kappa shape index (κ2) is 5.40. The summed E-state index contributed by atoms with van der Waals surface area (Å²) in [5.74, 6) is 0.464. The molecule has 0 radical (unpaired) electrons. The fourth-order valence-corrected chi connectivity index (χ4v) is 1.71. The Morgan fingerprint density at radius 3 is 2.33 bits per heavy atom. The highest BCUT2D eigenvalue weighted by atomic mass is 35.5. The van der Waals surface area contributed by atoms with Gasteiger partial charge in [-0.25, -0.2) is 4.98 Å². The summed E-state index contributed by atoms with van der Waals surface area (Å²) in [6, 6.07) is 8.41. The molecule has 0 spiro atoms. The summed E-state index contributed by atoms with van der Waals surface area (Å²) in [6.07, 6.45) is 0. The molecular formula is C11H4Cl3N3O. The monoisotopic (exact) mass is 299 g/mol. The van der Waals surface area contributed by atoms with E-state index in [1.165, 1.54) is 0 Å². The maximum absolute atomic E-state index is 8.95. The lowest BCUT2D eigenvalue weighted by Gasteiger charge is -2.07. The first kappa shape index (κ1) is 12.9. The first-order valence-corrected chi connectivity index (χ1v) is 5.80. The minimum atomic E-state index is -0.0945. The lowest BCUT2D eigenvalue weighted by molar-refractivity contribution is 0.460. The maximum Gasteiger partial charge on any atom is 0.243 e. The zero-order valence-corrected chi connectivity index (χ0v) is 11.0. The number of nitriles is 1. The van der Waals surface area contributed by atoms with E-state index in [4.69, 9.17) is 44.8 Å². The van der Waals surface area contributed by atoms with Crippen molar-refractivity contribution in [3.63, 3.8) is 0 Å². The van der Waals surface area contributed by atoms with Gasteiger partial charge in [-0.2, -0.15) is 10.2 Å². The third kappa shape index (κ3) is 2.82. The van der Waals surface area contributed by atoms with Gasteiger partial charge in [-0.05, 0) is 35.9 Å². The highest BCUT2D eigenvalue weighted by Gasteiger charge is 2.14. The first-order valence-electron chi connectivity index (χ1n) is 4.66. The van der Waals surface area contributed by atoms with Crippen LogP contribution in [0.25, 0.3) is 0 Å². The van der Waals surface area contributed by atoms with E-state index < -0.39 is 0 Å². The third-order valence-electron chi connectivity index (χ3n) is 1.94. The van der Waals surface area contributed by atoms with E-state index >= 15 is 0 Å². The van der Waals surface area contributed by atoms with E-state index in [1.807, 2.05) is 6.07 Å². The van der Waals surface area contributed by atoms with Gasteiger partial charge in [-0.15, -0.1) is 0 Å². The van der Waals surface area contributed by atoms with Crippen LogP contribution in [0.4, 0.5) is 0 Å². The summed E-state index contributed by atoms with van der Waals surface area (Å²) in [7, 11) is 0. The summed E-state index contributed by atoms with van der Waals surface area (Å²) in [4.78, 5) is 7.47. The normalized spacial score (nSPS) is 9.89. The molecule has 0 atom stereocenters. The van der Waals surface area contributed by atoms with Crippen LogP contribution in [0.1, 0.15) is 5.56 Å². The molecule has 18 heavy (non-hydrogen) atoms. The second-order valence-electron chi connectivity index (χ2n) is 3.13. The molecule has 0 bridgehead atoms. The predicted octanol–water partition coefficient (Wildman–Crippen LogP) is 4.10. The van der Waals surface area contributed by atoms with Crippen LogP contribution in [0.15, 0.2) is 24.3 Å². The summed E-state index contributed by atoms with van der Waals surface area (Å²) in [5.41, 5.74) is 0.0241. The van der Waals surface area contributed by atoms with E-state index in [9.17, 15) is 0 Å². The Hall–Kier alpha value is -1.54. The molecular weight excluding hydrogens is 296 g/mol. The lowest BCUT2D eigenvalue weighted by atomic mass is 10.3. The number of hydrogen-bond donors (Lipinski definition) is 0. The molecule has 0 aliphatic heterocycles. The molecule has 1 aromatic heterocycles. The Kier molecular flexibility index (Phi) is 3.87. The van der Waals surface area contributed by atoms with Gasteiger partial charge in [0.1, 0.15) is 11.8 Å². The van der Waals surface area contributed by atoms with Crippen LogP contribution in [0, 0.1) is 11.3 Å². The minimum Gasteiger partial charge on any atom is -0.437 e. The van der Waals surface area contributed by atoms with E-state index in [2.05, 4.69) is 9.97 Å². The van der Waals surface area contributed by atoms with Crippen molar-refractivity contribution in [1.29, 1.82) is 5.26 Å². The number of aromatic nitrogens is 2. The zero-order chi connectivity index (χ0) is 13.1. The van der Waals surface area contributed by atoms with E-state index in [0.717, 1.165) is 0 Å². The fraction of sp³-hybridized carbons (Fsp3) is 0. The summed E-state index contributed by atoms with van der Waals surface area (Å²) >= 11 is 17.2. The molecule has 0 saturated carbocycles. The average Bonchev–Trinajstić information content (AvgIpc) is 2.32. The Balaban J connectivity index is 2.40. The van der Waals surface area contributed by atoms with Gasteiger partial charge < -0.3 is 4.74 Å². The van der Waals surface area contributed by atoms with Crippen LogP contribution >= 0.6 is 34.8 Å². The molecule has 0 saturated heterocycles. The minimum absolute atomic E-state index is 0.00447. The lowest BCUT2D eigenvalue weighted by Crippen LogP contribution is -1.96. The molecule has 0 unspecified atom stereocenters. The topological polar surface area (TPSA) is 58.8 Å². The van der Waals surface area contributed by atoms with E-state index in [1.54, 1.807) is 24.3 Å². The number of benzene rings is 1. The fourth-order valence-electron chi connectivity index (χ4n) is 1.17. The summed E-state index contributed by atoms with van der Waals surface area (Å²) < 4.78 is 5.42. The highest BCUT2D eigenvalue weighted by Crippen LogP contribution is 2.28. The van der Waals surface area contributed by atoms with Gasteiger partial charge in [0.25, 0.3) is 0 Å². The van der Waals surface area contributed by atoms with Crippen molar-refractivity contribution in [2.45, 2.75) is 0 Å². The molecule has 2 aromatic rings. The van der Waals surface area contributed by atoms with Gasteiger partial charge in [0.05, 0.1) is 0 Å². The highest BCUT2D eigenvalue weighted by molar-refractivity contribution is 6.32. The van der Waals surface area contributed by atoms with E-state index in [-0.39, 0.29) is 21.9 Å². The van der Waals surface area contributed by atoms with Gasteiger partial charge in [-0.1, -0.05) is 23.2 Å². The molecule has 1 aromatic carbocycles. The van der Waals surface area contributed by atoms with Crippen molar-refractivity contribution in [3.8, 4) is 17.7 Å². The van der Waals surface area contributed by atoms with Crippen LogP contribution in [-0.4, -0.2) is 9.97 Å². The molecule has 4 nitrogen and oxygen atoms in total. The van der Waals surface area contributed by atoms with Crippen LogP contribution < -0.4 is 4.74 Å². The predicted molar refractivity (Wildman–Crippen MR) is 68.3 cm³/mol. The van der Waals surface area contributed by atoms with Crippen LogP contribution in [0.3, 0.4) is 0 Å². The molecule has 0 N–H and O–H groups in total. The molecule has 0 amide bonds. The van der Waals surface area contributed by atoms with Gasteiger partial charge >= 0.3 is 0 Å². The number of ether oxygens (including phenoxy) is 1. The van der Waals surface area contributed by atoms with Crippen LogP contribution in [0.2, 0.25) is 15.5 Å². The SMILES string of the molecule is N#Cc1c(Cl)nc(Cl)nc1Oc1ccc(Cl)cc1. The quantitative estimate of drug-likeness (QED) is 0.619. The Bertz CT molecular complexity index is 623. The molecule has 0 aliphatic carbocycles. The largest absolute Gasteiger partial charge is 0.437 e. The summed E-state index contributed by atoms with van der Waals surface area (Å²) in [6.45, 7) is 0. The van der Waals surface area contributed by atoms with Gasteiger partial charge in [0, 0.05) is 5.02 Å². The molecule has 90 valence electrons. The number of rotatable bonds is 2.